The van der Waals surface area contributed by atoms with Crippen molar-refractivity contribution in [1.82, 2.24) is 4.98 Å². The lowest BCUT2D eigenvalue weighted by Gasteiger charge is -2.08. The number of anilines is 1. The average Bonchev–Trinajstić information content (AvgIpc) is 2.82. The largest absolute Gasteiger partial charge is 0.383 e. The highest BCUT2D eigenvalue weighted by atomic mass is 32.2. The number of carbonyl (C=O) groups is 4. The number of nitrogens with zero attached hydrogens (tertiary/aromatic N) is 2. The van der Waals surface area contributed by atoms with Gasteiger partial charge in [0.25, 0.3) is 5.91 Å². The second-order valence-electron chi connectivity index (χ2n) is 8.15. The first-order chi connectivity index (χ1) is 16.5. The summed E-state index contributed by atoms with van der Waals surface area (Å²) in [5.74, 6) is 4.76. The van der Waals surface area contributed by atoms with Crippen molar-refractivity contribution in [3.8, 4) is 11.8 Å². The molecule has 35 heavy (non-hydrogen) atoms. The third-order valence-electron chi connectivity index (χ3n) is 5.05. The van der Waals surface area contributed by atoms with Crippen molar-refractivity contribution in [3.63, 3.8) is 0 Å². The van der Waals surface area contributed by atoms with E-state index in [1.165, 1.54) is 26.1 Å². The first kappa shape index (κ1) is 27.6. The summed E-state index contributed by atoms with van der Waals surface area (Å²) in [7, 11) is -3.10. The van der Waals surface area contributed by atoms with Gasteiger partial charge in [-0.3, -0.25) is 19.2 Å². The van der Waals surface area contributed by atoms with Gasteiger partial charge in [-0.25, -0.2) is 9.19 Å². The first-order valence-electron chi connectivity index (χ1n) is 11.1. The second kappa shape index (κ2) is 12.7. The number of aromatic nitrogens is 1. The van der Waals surface area contributed by atoms with Crippen molar-refractivity contribution in [1.29, 1.82) is 0 Å². The van der Waals surface area contributed by atoms with Gasteiger partial charge >= 0.3 is 0 Å². The molecule has 0 spiro atoms. The van der Waals surface area contributed by atoms with Crippen molar-refractivity contribution < 1.29 is 23.4 Å². The number of carbonyl (C=O) groups excluding carboxylic acids is 4. The highest BCUT2D eigenvalue weighted by Crippen LogP contribution is 2.14. The van der Waals surface area contributed by atoms with E-state index in [1.54, 1.807) is 12.1 Å². The zero-order valence-electron chi connectivity index (χ0n) is 20.1. The van der Waals surface area contributed by atoms with Gasteiger partial charge < -0.3 is 5.73 Å². The van der Waals surface area contributed by atoms with E-state index >= 15 is 0 Å². The fourth-order valence-corrected chi connectivity index (χ4v) is 4.90. The van der Waals surface area contributed by atoms with Crippen LogP contribution in [0.2, 0.25) is 0 Å². The molecule has 2 rings (SSSR count). The van der Waals surface area contributed by atoms with Gasteiger partial charge in [-0.05, 0) is 37.6 Å². The Balaban J connectivity index is 2.30. The number of benzene rings is 1. The van der Waals surface area contributed by atoms with Crippen molar-refractivity contribution in [2.75, 3.05) is 17.2 Å². The highest BCUT2D eigenvalue weighted by molar-refractivity contribution is 7.93. The van der Waals surface area contributed by atoms with Crippen molar-refractivity contribution >= 4 is 38.8 Å². The van der Waals surface area contributed by atoms with Crippen LogP contribution in [0.15, 0.2) is 40.9 Å². The van der Waals surface area contributed by atoms with E-state index in [0.29, 0.717) is 24.0 Å². The van der Waals surface area contributed by atoms with Crippen LogP contribution in [0.1, 0.15) is 67.1 Å². The van der Waals surface area contributed by atoms with Crippen LogP contribution < -0.4 is 5.73 Å². The molecule has 0 aliphatic rings. The topological polar surface area (TPSA) is 137 Å². The lowest BCUT2D eigenvalue weighted by Crippen LogP contribution is -2.17. The van der Waals surface area contributed by atoms with Crippen LogP contribution in [-0.2, 0) is 30.5 Å². The average molecular weight is 496 g/mol. The van der Waals surface area contributed by atoms with Crippen molar-refractivity contribution in [2.45, 2.75) is 46.5 Å². The van der Waals surface area contributed by atoms with Gasteiger partial charge in [0.15, 0.2) is 0 Å². The number of ketones is 3. The minimum absolute atomic E-state index is 0.00434. The molecule has 0 aliphatic heterocycles. The van der Waals surface area contributed by atoms with E-state index in [9.17, 15) is 23.4 Å². The molecule has 184 valence electrons. The van der Waals surface area contributed by atoms with Crippen LogP contribution in [0.4, 0.5) is 5.82 Å². The summed E-state index contributed by atoms with van der Waals surface area (Å²) in [6, 6.07) is 8.66. The smallest absolute Gasteiger partial charge is 0.286 e. The summed E-state index contributed by atoms with van der Waals surface area (Å²) in [6.07, 6.45) is 2.07. The minimum atomic E-state index is -3.10. The Morgan fingerprint density at radius 3 is 2.14 bits per heavy atom. The van der Waals surface area contributed by atoms with E-state index in [0.717, 1.165) is 5.56 Å². The molecule has 1 aromatic carbocycles. The monoisotopic (exact) mass is 495 g/mol. The Morgan fingerprint density at radius 1 is 1.00 bits per heavy atom. The zero-order chi connectivity index (χ0) is 26.0. The summed E-state index contributed by atoms with van der Waals surface area (Å²) in [5.41, 5.74) is 7.85. The van der Waals surface area contributed by atoms with E-state index in [4.69, 9.17) is 5.73 Å². The maximum atomic E-state index is 13.2. The lowest BCUT2D eigenvalue weighted by molar-refractivity contribution is -0.118. The molecule has 0 atom stereocenters. The zero-order valence-corrected chi connectivity index (χ0v) is 20.9. The van der Waals surface area contributed by atoms with Crippen LogP contribution in [0.25, 0.3) is 0 Å². The highest BCUT2D eigenvalue weighted by Gasteiger charge is 2.17. The Labute approximate surface area is 205 Å². The first-order valence-corrected chi connectivity index (χ1v) is 13.0. The van der Waals surface area contributed by atoms with Gasteiger partial charge in [0.05, 0.1) is 20.9 Å². The number of nitrogen functional groups attached to an aromatic ring is 1. The van der Waals surface area contributed by atoms with E-state index in [1.807, 2.05) is 19.1 Å². The predicted molar refractivity (Wildman–Crippen MR) is 135 cm³/mol. The standard InChI is InChI=1S/C26H29N3O5S/c1-4-24(32)15-21-7-5-20(6-8-21)9-10-22-16-23(17-28-25(22)27)26(33)29-35(34,13-11-18(2)30)14-12-19(3)31/h5-8,16-17H,4,11-15H2,1-3H3,(H2,27,28). The van der Waals surface area contributed by atoms with Crippen LogP contribution in [0.3, 0.4) is 0 Å². The molecular formula is C26H29N3O5S. The third-order valence-corrected chi connectivity index (χ3v) is 7.23. The van der Waals surface area contributed by atoms with Crippen molar-refractivity contribution in [3.05, 3.63) is 58.8 Å². The lowest BCUT2D eigenvalue weighted by atomic mass is 10.1. The Kier molecular flexibility index (Phi) is 10.0. The van der Waals surface area contributed by atoms with Gasteiger partial charge in [0.1, 0.15) is 23.2 Å². The number of nitrogens with two attached hydrogens (primary N) is 1. The molecule has 0 saturated heterocycles. The van der Waals surface area contributed by atoms with Gasteiger partial charge in [-0.2, -0.15) is 4.36 Å². The number of amides is 1. The van der Waals surface area contributed by atoms with Crippen molar-refractivity contribution in [2.24, 2.45) is 4.36 Å². The molecule has 1 heterocycles. The van der Waals surface area contributed by atoms with Gasteiger partial charge in [-0.15, -0.1) is 0 Å². The van der Waals surface area contributed by atoms with E-state index < -0.39 is 15.6 Å². The molecule has 0 bridgehead atoms. The summed E-state index contributed by atoms with van der Waals surface area (Å²) in [6.45, 7) is 4.54. The molecule has 2 N–H and O–H groups in total. The van der Waals surface area contributed by atoms with Crippen LogP contribution in [-0.4, -0.2) is 44.0 Å². The number of rotatable bonds is 10. The fraction of sp³-hybridized carbons (Fsp3) is 0.346. The van der Waals surface area contributed by atoms with Gasteiger partial charge in [0.2, 0.25) is 0 Å². The molecule has 1 amide bonds. The molecule has 8 nitrogen and oxygen atoms in total. The molecule has 0 unspecified atom stereocenters. The SMILES string of the molecule is CCC(=O)Cc1ccc(C#Cc2cc(C(=O)N=S(=O)(CCC(C)=O)CCC(C)=O)cnc2N)cc1. The van der Waals surface area contributed by atoms with Gasteiger partial charge in [-0.1, -0.05) is 30.9 Å². The molecule has 2 aromatic rings. The van der Waals surface area contributed by atoms with E-state index in [-0.39, 0.29) is 53.1 Å². The summed E-state index contributed by atoms with van der Waals surface area (Å²) < 4.78 is 17.0. The second-order valence-corrected chi connectivity index (χ2v) is 10.7. The molecule has 0 radical (unpaired) electrons. The Hall–Kier alpha value is -3.64. The molecule has 0 saturated carbocycles. The molecular weight excluding hydrogens is 466 g/mol. The number of hydrogen-bond donors (Lipinski definition) is 1. The molecule has 1 aromatic heterocycles. The molecule has 0 fully saturated rings. The normalized spacial score (nSPS) is 10.7. The summed E-state index contributed by atoms with van der Waals surface area (Å²) in [5, 5.41) is 0. The quantitative estimate of drug-likeness (QED) is 0.500. The number of pyridine rings is 1. The minimum Gasteiger partial charge on any atom is -0.383 e. The van der Waals surface area contributed by atoms with Crippen LogP contribution in [0, 0.1) is 11.8 Å². The fourth-order valence-electron chi connectivity index (χ4n) is 2.89. The molecule has 0 aliphatic carbocycles. The maximum Gasteiger partial charge on any atom is 0.286 e. The summed E-state index contributed by atoms with van der Waals surface area (Å²) in [4.78, 5) is 51.1. The maximum absolute atomic E-state index is 13.2. The summed E-state index contributed by atoms with van der Waals surface area (Å²) >= 11 is 0. The predicted octanol–water partition coefficient (Wildman–Crippen LogP) is 3.15. The van der Waals surface area contributed by atoms with Crippen LogP contribution >= 0.6 is 0 Å². The van der Waals surface area contributed by atoms with Gasteiger partial charge in [0, 0.05) is 48.9 Å². The Morgan fingerprint density at radius 2 is 1.60 bits per heavy atom. The number of Topliss-reactive ketones (excluding diaryl/α,β-unsaturated/α-hetero) is 3. The Bertz CT molecular complexity index is 1290. The number of hydrogen-bond acceptors (Lipinski definition) is 7. The van der Waals surface area contributed by atoms with E-state index in [2.05, 4.69) is 21.2 Å². The van der Waals surface area contributed by atoms with Crippen LogP contribution in [0.5, 0.6) is 0 Å². The third kappa shape index (κ3) is 9.26. The molecule has 9 heteroatoms.